The van der Waals surface area contributed by atoms with Crippen LogP contribution in [0.2, 0.25) is 0 Å². The van der Waals surface area contributed by atoms with Crippen LogP contribution in [0.15, 0.2) is 30.5 Å². The number of hydrogen-bond donors (Lipinski definition) is 1. The van der Waals surface area contributed by atoms with Crippen molar-refractivity contribution in [3.63, 3.8) is 0 Å². The third-order valence-electron chi connectivity index (χ3n) is 3.02. The zero-order valence-electron chi connectivity index (χ0n) is 12.0. The van der Waals surface area contributed by atoms with Crippen molar-refractivity contribution in [2.75, 3.05) is 19.4 Å². The Kier molecular flexibility index (Phi) is 4.64. The number of hydrogen-bond acceptors (Lipinski definition) is 4. The van der Waals surface area contributed by atoms with E-state index in [0.29, 0.717) is 0 Å². The molecule has 0 unspecified atom stereocenters. The molecule has 1 aromatic heterocycles. The molecule has 7 heteroatoms. The van der Waals surface area contributed by atoms with E-state index in [2.05, 4.69) is 4.72 Å². The van der Waals surface area contributed by atoms with Gasteiger partial charge in [-0.3, -0.25) is 4.79 Å². The van der Waals surface area contributed by atoms with Gasteiger partial charge in [0.25, 0.3) is 0 Å². The number of ether oxygens (including phenoxy) is 1. The molecule has 114 valence electrons. The Hall–Kier alpha value is -1.86. The number of carbonyl (C=O) groups excluding carboxylic acids is 1. The summed E-state index contributed by atoms with van der Waals surface area (Å²) < 4.78 is 30.8. The lowest BCUT2D eigenvalue weighted by atomic mass is 10.2. The van der Waals surface area contributed by atoms with Crippen molar-refractivity contribution in [2.45, 2.75) is 13.5 Å². The first kappa shape index (κ1) is 15.5. The highest BCUT2D eigenvalue weighted by atomic mass is 32.2. The Labute approximate surface area is 123 Å². The topological polar surface area (TPSA) is 77.4 Å². The van der Waals surface area contributed by atoms with Gasteiger partial charge in [-0.05, 0) is 18.6 Å². The average Bonchev–Trinajstić information content (AvgIpc) is 2.71. The molecule has 1 heterocycles. The van der Waals surface area contributed by atoms with Gasteiger partial charge in [-0.1, -0.05) is 18.2 Å². The third kappa shape index (κ3) is 4.30. The zero-order chi connectivity index (χ0) is 15.5. The molecule has 2 rings (SSSR count). The van der Waals surface area contributed by atoms with Crippen molar-refractivity contribution in [3.8, 4) is 0 Å². The molecule has 0 fully saturated rings. The standard InChI is InChI=1S/C14H18N2O4S/c1-11-9-16(13-6-4-3-5-12(11)13)10-14(17)20-8-7-15-21(2,18)19/h3-6,9,15H,7-8,10H2,1-2H3. The molecule has 0 aliphatic carbocycles. The minimum absolute atomic E-state index is 0.0179. The summed E-state index contributed by atoms with van der Waals surface area (Å²) in [5.41, 5.74) is 2.07. The van der Waals surface area contributed by atoms with E-state index in [1.165, 1.54) is 0 Å². The second-order valence-electron chi connectivity index (χ2n) is 4.84. The van der Waals surface area contributed by atoms with E-state index < -0.39 is 16.0 Å². The Morgan fingerprint density at radius 2 is 2.05 bits per heavy atom. The van der Waals surface area contributed by atoms with Gasteiger partial charge in [-0.15, -0.1) is 0 Å². The number of nitrogens with one attached hydrogen (secondary N) is 1. The molecule has 0 aliphatic rings. The van der Waals surface area contributed by atoms with Crippen LogP contribution in [0.4, 0.5) is 0 Å². The monoisotopic (exact) mass is 310 g/mol. The van der Waals surface area contributed by atoms with E-state index in [1.807, 2.05) is 42.0 Å². The lowest BCUT2D eigenvalue weighted by Crippen LogP contribution is -2.27. The van der Waals surface area contributed by atoms with E-state index in [9.17, 15) is 13.2 Å². The van der Waals surface area contributed by atoms with Crippen molar-refractivity contribution >= 4 is 26.9 Å². The predicted molar refractivity (Wildman–Crippen MR) is 80.5 cm³/mol. The van der Waals surface area contributed by atoms with Crippen LogP contribution in [-0.4, -0.2) is 38.4 Å². The first-order valence-electron chi connectivity index (χ1n) is 6.51. The van der Waals surface area contributed by atoms with Crippen LogP contribution >= 0.6 is 0 Å². The number of para-hydroxylation sites is 1. The number of rotatable bonds is 6. The van der Waals surface area contributed by atoms with Crippen LogP contribution in [0.3, 0.4) is 0 Å². The van der Waals surface area contributed by atoms with Gasteiger partial charge in [0.2, 0.25) is 10.0 Å². The molecule has 0 aliphatic heterocycles. The fourth-order valence-electron chi connectivity index (χ4n) is 2.14. The van der Waals surface area contributed by atoms with Gasteiger partial charge in [0.1, 0.15) is 13.2 Å². The number of fused-ring (bicyclic) bond motifs is 1. The number of esters is 1. The number of benzene rings is 1. The lowest BCUT2D eigenvalue weighted by Gasteiger charge is -2.07. The van der Waals surface area contributed by atoms with Crippen LogP contribution in [0.5, 0.6) is 0 Å². The predicted octanol–water partition coefficient (Wildman–Crippen LogP) is 1.04. The quantitative estimate of drug-likeness (QED) is 0.639. The highest BCUT2D eigenvalue weighted by molar-refractivity contribution is 7.88. The molecular weight excluding hydrogens is 292 g/mol. The smallest absolute Gasteiger partial charge is 0.325 e. The summed E-state index contributed by atoms with van der Waals surface area (Å²) in [6.07, 6.45) is 2.96. The molecule has 0 saturated carbocycles. The van der Waals surface area contributed by atoms with Gasteiger partial charge in [-0.25, -0.2) is 13.1 Å². The number of carbonyl (C=O) groups is 1. The molecule has 6 nitrogen and oxygen atoms in total. The van der Waals surface area contributed by atoms with Crippen molar-refractivity contribution in [2.24, 2.45) is 0 Å². The SMILES string of the molecule is Cc1cn(CC(=O)OCCNS(C)(=O)=O)c2ccccc12. The van der Waals surface area contributed by atoms with Crippen LogP contribution in [-0.2, 0) is 26.1 Å². The van der Waals surface area contributed by atoms with Gasteiger partial charge in [-0.2, -0.15) is 0 Å². The fraction of sp³-hybridized carbons (Fsp3) is 0.357. The van der Waals surface area contributed by atoms with Crippen LogP contribution in [0.25, 0.3) is 10.9 Å². The molecule has 21 heavy (non-hydrogen) atoms. The average molecular weight is 310 g/mol. The van der Waals surface area contributed by atoms with Gasteiger partial charge in [0, 0.05) is 23.6 Å². The van der Waals surface area contributed by atoms with E-state index >= 15 is 0 Å². The summed E-state index contributed by atoms with van der Waals surface area (Å²) >= 11 is 0. The van der Waals surface area contributed by atoms with Crippen molar-refractivity contribution in [1.29, 1.82) is 0 Å². The minimum atomic E-state index is -3.25. The number of nitrogens with zero attached hydrogens (tertiary/aromatic N) is 1. The van der Waals surface area contributed by atoms with E-state index in [4.69, 9.17) is 4.74 Å². The van der Waals surface area contributed by atoms with Gasteiger partial charge in [0.05, 0.1) is 6.26 Å². The number of aromatic nitrogens is 1. The van der Waals surface area contributed by atoms with E-state index in [1.54, 1.807) is 0 Å². The molecule has 1 N–H and O–H groups in total. The maximum atomic E-state index is 11.8. The highest BCUT2D eigenvalue weighted by Gasteiger charge is 2.09. The van der Waals surface area contributed by atoms with Gasteiger partial charge >= 0.3 is 5.97 Å². The van der Waals surface area contributed by atoms with Gasteiger partial charge < -0.3 is 9.30 Å². The van der Waals surface area contributed by atoms with Crippen molar-refractivity contribution < 1.29 is 17.9 Å². The van der Waals surface area contributed by atoms with Crippen molar-refractivity contribution in [1.82, 2.24) is 9.29 Å². The molecular formula is C14H18N2O4S. The summed E-state index contributed by atoms with van der Waals surface area (Å²) in [7, 11) is -3.25. The highest BCUT2D eigenvalue weighted by Crippen LogP contribution is 2.20. The minimum Gasteiger partial charge on any atom is -0.463 e. The van der Waals surface area contributed by atoms with Crippen LogP contribution < -0.4 is 4.72 Å². The fourth-order valence-corrected chi connectivity index (χ4v) is 2.59. The Morgan fingerprint density at radius 3 is 2.76 bits per heavy atom. The third-order valence-corrected chi connectivity index (χ3v) is 3.75. The van der Waals surface area contributed by atoms with E-state index in [-0.39, 0.29) is 19.7 Å². The van der Waals surface area contributed by atoms with Crippen LogP contribution in [0, 0.1) is 6.92 Å². The summed E-state index contributed by atoms with van der Waals surface area (Å²) in [5, 5.41) is 1.10. The number of sulfonamides is 1. The molecule has 1 aromatic carbocycles. The maximum Gasteiger partial charge on any atom is 0.325 e. The summed E-state index contributed by atoms with van der Waals surface area (Å²) in [6, 6.07) is 7.82. The molecule has 0 atom stereocenters. The molecule has 0 bridgehead atoms. The van der Waals surface area contributed by atoms with Crippen LogP contribution in [0.1, 0.15) is 5.56 Å². The summed E-state index contributed by atoms with van der Waals surface area (Å²) in [6.45, 7) is 2.19. The van der Waals surface area contributed by atoms with Crippen molar-refractivity contribution in [3.05, 3.63) is 36.0 Å². The molecule has 2 aromatic rings. The molecule has 0 saturated heterocycles. The first-order valence-corrected chi connectivity index (χ1v) is 8.41. The Bertz CT molecular complexity index is 749. The van der Waals surface area contributed by atoms with E-state index in [0.717, 1.165) is 22.7 Å². The normalized spacial score (nSPS) is 11.7. The Morgan fingerprint density at radius 1 is 1.33 bits per heavy atom. The largest absolute Gasteiger partial charge is 0.463 e. The summed E-state index contributed by atoms with van der Waals surface area (Å²) in [5.74, 6) is -0.397. The van der Waals surface area contributed by atoms with Gasteiger partial charge in [0.15, 0.2) is 0 Å². The first-order chi connectivity index (χ1) is 9.87. The number of aryl methyl sites for hydroxylation is 1. The molecule has 0 amide bonds. The summed E-state index contributed by atoms with van der Waals surface area (Å²) in [4.78, 5) is 11.8. The molecule has 0 radical (unpaired) electrons. The maximum absolute atomic E-state index is 11.8. The lowest BCUT2D eigenvalue weighted by molar-refractivity contribution is -0.144. The Balaban J connectivity index is 1.93. The second kappa shape index (κ2) is 6.28. The zero-order valence-corrected chi connectivity index (χ0v) is 12.8. The molecule has 0 spiro atoms. The second-order valence-corrected chi connectivity index (χ2v) is 6.68.